The van der Waals surface area contributed by atoms with Gasteiger partial charge < -0.3 is 15.5 Å². The van der Waals surface area contributed by atoms with Crippen LogP contribution in [0.4, 0.5) is 10.5 Å². The zero-order valence-electron chi connectivity index (χ0n) is 15.9. The maximum Gasteiger partial charge on any atom is 0.321 e. The van der Waals surface area contributed by atoms with Crippen LogP contribution in [0.2, 0.25) is 0 Å². The van der Waals surface area contributed by atoms with E-state index < -0.39 is 0 Å². The van der Waals surface area contributed by atoms with Crippen LogP contribution >= 0.6 is 0 Å². The van der Waals surface area contributed by atoms with Gasteiger partial charge in [-0.1, -0.05) is 42.5 Å². The second kappa shape index (κ2) is 8.71. The molecule has 0 aliphatic carbocycles. The summed E-state index contributed by atoms with van der Waals surface area (Å²) < 4.78 is 0. The van der Waals surface area contributed by atoms with E-state index in [0.717, 1.165) is 29.7 Å². The second-order valence-electron chi connectivity index (χ2n) is 7.23. The van der Waals surface area contributed by atoms with E-state index in [1.54, 1.807) is 4.90 Å². The van der Waals surface area contributed by atoms with Crippen LogP contribution in [0.3, 0.4) is 0 Å². The molecule has 0 spiro atoms. The first-order valence-electron chi connectivity index (χ1n) is 9.51. The minimum Gasteiger partial charge on any atom is -0.349 e. The molecule has 27 heavy (non-hydrogen) atoms. The predicted octanol–water partition coefficient (Wildman–Crippen LogP) is 4.12. The summed E-state index contributed by atoms with van der Waals surface area (Å²) >= 11 is 0. The van der Waals surface area contributed by atoms with Crippen LogP contribution in [-0.2, 0) is 4.79 Å². The Bertz CT molecular complexity index is 791. The number of benzene rings is 2. The molecule has 1 aliphatic rings. The summed E-state index contributed by atoms with van der Waals surface area (Å²) in [5.41, 5.74) is 2.96. The highest BCUT2D eigenvalue weighted by Crippen LogP contribution is 2.20. The first-order valence-corrected chi connectivity index (χ1v) is 9.51. The number of likely N-dealkylation sites (tertiary alicyclic amines) is 1. The minimum atomic E-state index is -0.173. The zero-order chi connectivity index (χ0) is 19.2. The third-order valence-electron chi connectivity index (χ3n) is 5.01. The van der Waals surface area contributed by atoms with Crippen LogP contribution in [0, 0.1) is 12.8 Å². The average molecular weight is 365 g/mol. The smallest absolute Gasteiger partial charge is 0.321 e. The first-order chi connectivity index (χ1) is 13.0. The summed E-state index contributed by atoms with van der Waals surface area (Å²) in [6.07, 6.45) is 1.64. The summed E-state index contributed by atoms with van der Waals surface area (Å²) in [6.45, 7) is 5.10. The maximum absolute atomic E-state index is 12.7. The fourth-order valence-electron chi connectivity index (χ4n) is 3.46. The van der Waals surface area contributed by atoms with Crippen molar-refractivity contribution in [2.24, 2.45) is 5.92 Å². The van der Waals surface area contributed by atoms with Gasteiger partial charge in [-0.15, -0.1) is 0 Å². The summed E-state index contributed by atoms with van der Waals surface area (Å²) in [4.78, 5) is 27.0. The van der Waals surface area contributed by atoms with Crippen LogP contribution in [0.5, 0.6) is 0 Å². The number of carbonyl (C=O) groups is 2. The largest absolute Gasteiger partial charge is 0.349 e. The minimum absolute atomic E-state index is 0.0133. The molecule has 0 saturated carbocycles. The fourth-order valence-corrected chi connectivity index (χ4v) is 3.46. The number of anilines is 1. The molecule has 5 heteroatoms. The van der Waals surface area contributed by atoms with Crippen molar-refractivity contribution >= 4 is 17.6 Å². The Morgan fingerprint density at radius 3 is 2.63 bits per heavy atom. The van der Waals surface area contributed by atoms with Crippen LogP contribution < -0.4 is 10.6 Å². The Labute approximate surface area is 160 Å². The summed E-state index contributed by atoms with van der Waals surface area (Å²) in [5.74, 6) is -0.160. The van der Waals surface area contributed by atoms with Crippen LogP contribution in [0.15, 0.2) is 54.6 Å². The van der Waals surface area contributed by atoms with E-state index >= 15 is 0 Å². The summed E-state index contributed by atoms with van der Waals surface area (Å²) in [6, 6.07) is 17.4. The predicted molar refractivity (Wildman–Crippen MR) is 107 cm³/mol. The molecule has 0 radical (unpaired) electrons. The molecule has 0 aromatic heterocycles. The number of hydrogen-bond acceptors (Lipinski definition) is 2. The number of carbonyl (C=O) groups excluding carboxylic acids is 2. The van der Waals surface area contributed by atoms with Crippen LogP contribution in [0.1, 0.15) is 36.9 Å². The highest BCUT2D eigenvalue weighted by molar-refractivity contribution is 5.90. The molecule has 2 N–H and O–H groups in total. The van der Waals surface area contributed by atoms with Gasteiger partial charge in [0.25, 0.3) is 0 Å². The number of aryl methyl sites for hydroxylation is 1. The number of rotatable bonds is 4. The molecule has 0 unspecified atom stereocenters. The van der Waals surface area contributed by atoms with Crippen molar-refractivity contribution in [1.29, 1.82) is 0 Å². The van der Waals surface area contributed by atoms with Gasteiger partial charge in [0, 0.05) is 18.8 Å². The number of piperidine rings is 1. The molecular weight excluding hydrogens is 338 g/mol. The Morgan fingerprint density at radius 1 is 1.11 bits per heavy atom. The van der Waals surface area contributed by atoms with Gasteiger partial charge in [0.1, 0.15) is 0 Å². The number of nitrogens with zero attached hydrogens (tertiary/aromatic N) is 1. The standard InChI is InChI=1S/C22H27N3O2/c1-16-8-6-12-20(14-16)24-22(27)25-13-7-11-19(15-25)21(26)23-17(2)18-9-4-3-5-10-18/h3-6,8-10,12,14,17,19H,7,11,13,15H2,1-2H3,(H,23,26)(H,24,27)/t17-,19-/m0/s1. The molecule has 5 nitrogen and oxygen atoms in total. The fraction of sp³-hybridized carbons (Fsp3) is 0.364. The van der Waals surface area contributed by atoms with E-state index in [0.29, 0.717) is 13.1 Å². The normalized spacial score (nSPS) is 17.9. The Balaban J connectivity index is 1.56. The van der Waals surface area contributed by atoms with Gasteiger partial charge in [0.2, 0.25) is 5.91 Å². The van der Waals surface area contributed by atoms with E-state index in [4.69, 9.17) is 0 Å². The van der Waals surface area contributed by atoms with Gasteiger partial charge in [-0.2, -0.15) is 0 Å². The van der Waals surface area contributed by atoms with Crippen molar-refractivity contribution in [1.82, 2.24) is 10.2 Å². The molecular formula is C22H27N3O2. The zero-order valence-corrected chi connectivity index (χ0v) is 15.9. The second-order valence-corrected chi connectivity index (χ2v) is 7.23. The molecule has 142 valence electrons. The van der Waals surface area contributed by atoms with Crippen LogP contribution in [-0.4, -0.2) is 29.9 Å². The van der Waals surface area contributed by atoms with E-state index in [9.17, 15) is 9.59 Å². The van der Waals surface area contributed by atoms with Gasteiger partial charge in [-0.05, 0) is 49.9 Å². The Hall–Kier alpha value is -2.82. The lowest BCUT2D eigenvalue weighted by Crippen LogP contribution is -2.47. The van der Waals surface area contributed by atoms with Crippen molar-refractivity contribution in [2.75, 3.05) is 18.4 Å². The van der Waals surface area contributed by atoms with E-state index in [-0.39, 0.29) is 23.9 Å². The van der Waals surface area contributed by atoms with Gasteiger partial charge in [-0.25, -0.2) is 4.79 Å². The molecule has 1 fully saturated rings. The molecule has 2 atom stereocenters. The summed E-state index contributed by atoms with van der Waals surface area (Å²) in [5, 5.41) is 6.02. The SMILES string of the molecule is Cc1cccc(NC(=O)N2CCC[C@H](C(=O)N[C@@H](C)c3ccccc3)C2)c1. The van der Waals surface area contributed by atoms with E-state index in [1.807, 2.05) is 68.4 Å². The molecule has 3 amide bonds. The van der Waals surface area contributed by atoms with Crippen molar-refractivity contribution < 1.29 is 9.59 Å². The number of hydrogen-bond donors (Lipinski definition) is 2. The topological polar surface area (TPSA) is 61.4 Å². The van der Waals surface area contributed by atoms with Crippen LogP contribution in [0.25, 0.3) is 0 Å². The lowest BCUT2D eigenvalue weighted by atomic mass is 9.96. The lowest BCUT2D eigenvalue weighted by Gasteiger charge is -2.32. The highest BCUT2D eigenvalue weighted by atomic mass is 16.2. The van der Waals surface area contributed by atoms with Gasteiger partial charge in [0.05, 0.1) is 12.0 Å². The van der Waals surface area contributed by atoms with E-state index in [2.05, 4.69) is 10.6 Å². The summed E-state index contributed by atoms with van der Waals surface area (Å²) in [7, 11) is 0. The molecule has 1 heterocycles. The third-order valence-corrected chi connectivity index (χ3v) is 5.01. The number of amides is 3. The Morgan fingerprint density at radius 2 is 1.89 bits per heavy atom. The quantitative estimate of drug-likeness (QED) is 0.856. The molecule has 1 saturated heterocycles. The molecule has 2 aromatic carbocycles. The lowest BCUT2D eigenvalue weighted by molar-refractivity contribution is -0.126. The van der Waals surface area contributed by atoms with E-state index in [1.165, 1.54) is 0 Å². The van der Waals surface area contributed by atoms with Crippen molar-refractivity contribution in [3.8, 4) is 0 Å². The van der Waals surface area contributed by atoms with Crippen molar-refractivity contribution in [3.05, 3.63) is 65.7 Å². The highest BCUT2D eigenvalue weighted by Gasteiger charge is 2.29. The van der Waals surface area contributed by atoms with Gasteiger partial charge >= 0.3 is 6.03 Å². The Kier molecular flexibility index (Phi) is 6.12. The molecule has 0 bridgehead atoms. The van der Waals surface area contributed by atoms with Gasteiger partial charge in [-0.3, -0.25) is 4.79 Å². The van der Waals surface area contributed by atoms with Crippen molar-refractivity contribution in [2.45, 2.75) is 32.7 Å². The first kappa shape index (κ1) is 19.0. The van der Waals surface area contributed by atoms with Gasteiger partial charge in [0.15, 0.2) is 0 Å². The maximum atomic E-state index is 12.7. The molecule has 3 rings (SSSR count). The number of nitrogens with one attached hydrogen (secondary N) is 2. The molecule has 1 aliphatic heterocycles. The third kappa shape index (κ3) is 5.09. The van der Waals surface area contributed by atoms with Crippen molar-refractivity contribution in [3.63, 3.8) is 0 Å². The number of urea groups is 1. The monoisotopic (exact) mass is 365 g/mol. The molecule has 2 aromatic rings. The average Bonchev–Trinajstić information content (AvgIpc) is 2.68.